The highest BCUT2D eigenvalue weighted by Gasteiger charge is 2.29. The lowest BCUT2D eigenvalue weighted by molar-refractivity contribution is 0.242. The van der Waals surface area contributed by atoms with Crippen LogP contribution in [0.2, 0.25) is 0 Å². The van der Waals surface area contributed by atoms with Crippen LogP contribution in [0, 0.1) is 5.82 Å². The highest BCUT2D eigenvalue weighted by atomic mass is 32.1. The highest BCUT2D eigenvalue weighted by Crippen LogP contribution is 2.30. The first kappa shape index (κ1) is 14.7. The predicted molar refractivity (Wildman–Crippen MR) is 82.8 cm³/mol. The van der Waals surface area contributed by atoms with E-state index in [0.29, 0.717) is 18.2 Å². The van der Waals surface area contributed by atoms with Crippen LogP contribution in [0.5, 0.6) is 0 Å². The molecule has 1 aliphatic carbocycles. The molecule has 0 amide bonds. The molecule has 3 nitrogen and oxygen atoms in total. The van der Waals surface area contributed by atoms with Crippen LogP contribution >= 0.6 is 11.3 Å². The van der Waals surface area contributed by atoms with Gasteiger partial charge in [-0.1, -0.05) is 12.1 Å². The van der Waals surface area contributed by atoms with Crippen molar-refractivity contribution >= 4 is 23.9 Å². The van der Waals surface area contributed by atoms with E-state index in [-0.39, 0.29) is 11.3 Å². The summed E-state index contributed by atoms with van der Waals surface area (Å²) >= 11 is 1.67. The van der Waals surface area contributed by atoms with E-state index in [9.17, 15) is 4.39 Å². The summed E-state index contributed by atoms with van der Waals surface area (Å²) in [5.41, 5.74) is 2.04. The van der Waals surface area contributed by atoms with Gasteiger partial charge in [0.15, 0.2) is 0 Å². The van der Waals surface area contributed by atoms with Crippen LogP contribution in [0.1, 0.15) is 24.0 Å². The van der Waals surface area contributed by atoms with Crippen molar-refractivity contribution < 1.29 is 14.4 Å². The van der Waals surface area contributed by atoms with Crippen LogP contribution in [-0.2, 0) is 13.1 Å². The van der Waals surface area contributed by atoms with Crippen LogP contribution in [0.25, 0.3) is 0 Å². The van der Waals surface area contributed by atoms with Crippen molar-refractivity contribution in [2.45, 2.75) is 32.0 Å². The third-order valence-electron chi connectivity index (χ3n) is 3.78. The molecule has 1 aromatic carbocycles. The minimum atomic E-state index is -1.63. The second-order valence-electron chi connectivity index (χ2n) is 5.49. The van der Waals surface area contributed by atoms with Gasteiger partial charge < -0.3 is 10.0 Å². The molecule has 1 heterocycles. The third-order valence-corrected chi connectivity index (χ3v) is 4.51. The monoisotopic (exact) mass is 305 g/mol. The molecule has 110 valence electrons. The first-order valence-electron chi connectivity index (χ1n) is 7.03. The van der Waals surface area contributed by atoms with Gasteiger partial charge in [0.2, 0.25) is 0 Å². The summed E-state index contributed by atoms with van der Waals surface area (Å²) in [6.07, 6.45) is 2.33. The van der Waals surface area contributed by atoms with Crippen molar-refractivity contribution in [3.05, 3.63) is 52.0 Å². The Kier molecular flexibility index (Phi) is 4.40. The van der Waals surface area contributed by atoms with Crippen molar-refractivity contribution in [2.24, 2.45) is 0 Å². The van der Waals surface area contributed by atoms with Gasteiger partial charge in [-0.3, -0.25) is 4.90 Å². The fourth-order valence-corrected chi connectivity index (χ4v) is 3.10. The molecule has 2 N–H and O–H groups in total. The molecule has 2 aromatic rings. The number of benzene rings is 1. The molecule has 0 unspecified atom stereocenters. The first-order valence-corrected chi connectivity index (χ1v) is 7.97. The molecule has 0 radical (unpaired) electrons. The van der Waals surface area contributed by atoms with Gasteiger partial charge in [-0.05, 0) is 46.8 Å². The standard InChI is InChI=1S/C15H17BFNO2S/c17-15-7-13(16(19)20)2-1-12(15)9-18(14-3-4-14)8-11-5-6-21-10-11/h1-2,5-7,10,14,19-20H,3-4,8-9H2. The van der Waals surface area contributed by atoms with Crippen molar-refractivity contribution in [3.8, 4) is 0 Å². The minimum absolute atomic E-state index is 0.187. The summed E-state index contributed by atoms with van der Waals surface area (Å²) in [4.78, 5) is 2.29. The van der Waals surface area contributed by atoms with E-state index >= 15 is 0 Å². The van der Waals surface area contributed by atoms with Gasteiger partial charge >= 0.3 is 7.12 Å². The molecule has 0 bridgehead atoms. The molecule has 1 aromatic heterocycles. The molecule has 3 rings (SSSR count). The zero-order valence-electron chi connectivity index (χ0n) is 11.6. The Labute approximate surface area is 127 Å². The van der Waals surface area contributed by atoms with E-state index in [0.717, 1.165) is 6.54 Å². The van der Waals surface area contributed by atoms with E-state index in [1.165, 1.54) is 24.5 Å². The summed E-state index contributed by atoms with van der Waals surface area (Å²) in [6, 6.07) is 7.05. The van der Waals surface area contributed by atoms with Gasteiger partial charge in [0.1, 0.15) is 5.82 Å². The van der Waals surface area contributed by atoms with E-state index in [4.69, 9.17) is 10.0 Å². The molecule has 0 aliphatic heterocycles. The molecular weight excluding hydrogens is 288 g/mol. The number of hydrogen-bond acceptors (Lipinski definition) is 4. The smallest absolute Gasteiger partial charge is 0.423 e. The largest absolute Gasteiger partial charge is 0.488 e. The second-order valence-corrected chi connectivity index (χ2v) is 6.27. The lowest BCUT2D eigenvalue weighted by Gasteiger charge is -2.22. The quantitative estimate of drug-likeness (QED) is 0.799. The van der Waals surface area contributed by atoms with Gasteiger partial charge in [0.05, 0.1) is 0 Å². The average Bonchev–Trinajstić information content (AvgIpc) is 3.18. The third kappa shape index (κ3) is 3.71. The fourth-order valence-electron chi connectivity index (χ4n) is 2.44. The normalized spacial score (nSPS) is 14.7. The van der Waals surface area contributed by atoms with Gasteiger partial charge in [0.25, 0.3) is 0 Å². The number of thiophene rings is 1. The lowest BCUT2D eigenvalue weighted by Crippen LogP contribution is -2.31. The van der Waals surface area contributed by atoms with Crippen molar-refractivity contribution in [1.82, 2.24) is 4.90 Å². The maximum atomic E-state index is 14.1. The molecule has 0 spiro atoms. The Morgan fingerprint density at radius 1 is 1.24 bits per heavy atom. The van der Waals surface area contributed by atoms with Crippen LogP contribution < -0.4 is 5.46 Å². The fraction of sp³-hybridized carbons (Fsp3) is 0.333. The molecule has 1 aliphatic rings. The molecule has 0 atom stereocenters. The zero-order valence-corrected chi connectivity index (χ0v) is 12.4. The Morgan fingerprint density at radius 3 is 2.62 bits per heavy atom. The van der Waals surface area contributed by atoms with Crippen molar-refractivity contribution in [2.75, 3.05) is 0 Å². The Bertz CT molecular complexity index is 602. The molecule has 1 fully saturated rings. The first-order chi connectivity index (χ1) is 10.1. The van der Waals surface area contributed by atoms with Crippen LogP contribution in [-0.4, -0.2) is 28.1 Å². The number of hydrogen-bond donors (Lipinski definition) is 2. The average molecular weight is 305 g/mol. The Morgan fingerprint density at radius 2 is 2.05 bits per heavy atom. The Balaban J connectivity index is 1.73. The van der Waals surface area contributed by atoms with E-state index < -0.39 is 7.12 Å². The topological polar surface area (TPSA) is 43.7 Å². The predicted octanol–water partition coefficient (Wildman–Crippen LogP) is 1.73. The maximum Gasteiger partial charge on any atom is 0.488 e. The van der Waals surface area contributed by atoms with Crippen molar-refractivity contribution in [3.63, 3.8) is 0 Å². The highest BCUT2D eigenvalue weighted by molar-refractivity contribution is 7.07. The summed E-state index contributed by atoms with van der Waals surface area (Å²) in [6.45, 7) is 1.38. The van der Waals surface area contributed by atoms with Crippen LogP contribution in [0.15, 0.2) is 35.0 Å². The summed E-state index contributed by atoms with van der Waals surface area (Å²) < 4.78 is 14.1. The van der Waals surface area contributed by atoms with E-state index in [1.54, 1.807) is 23.5 Å². The SMILES string of the molecule is OB(O)c1ccc(CN(Cc2ccsc2)C2CC2)c(F)c1. The summed E-state index contributed by atoms with van der Waals surface area (Å²) in [5, 5.41) is 22.3. The number of halogens is 1. The number of rotatable bonds is 6. The van der Waals surface area contributed by atoms with Crippen LogP contribution in [0.3, 0.4) is 0 Å². The van der Waals surface area contributed by atoms with Crippen molar-refractivity contribution in [1.29, 1.82) is 0 Å². The minimum Gasteiger partial charge on any atom is -0.423 e. The summed E-state index contributed by atoms with van der Waals surface area (Å²) in [7, 11) is -1.63. The van der Waals surface area contributed by atoms with Gasteiger partial charge in [-0.25, -0.2) is 4.39 Å². The van der Waals surface area contributed by atoms with E-state index in [1.807, 2.05) is 0 Å². The molecule has 21 heavy (non-hydrogen) atoms. The van der Waals surface area contributed by atoms with Crippen LogP contribution in [0.4, 0.5) is 4.39 Å². The van der Waals surface area contributed by atoms with E-state index in [2.05, 4.69) is 21.7 Å². The second kappa shape index (κ2) is 6.28. The van der Waals surface area contributed by atoms with Gasteiger partial charge in [0, 0.05) is 24.7 Å². The lowest BCUT2D eigenvalue weighted by atomic mass is 9.80. The molecular formula is C15H17BFNO2S. The Hall–Kier alpha value is -1.21. The molecule has 6 heteroatoms. The number of nitrogens with zero attached hydrogens (tertiary/aromatic N) is 1. The summed E-state index contributed by atoms with van der Waals surface area (Å²) in [5.74, 6) is -0.378. The maximum absolute atomic E-state index is 14.1. The zero-order chi connectivity index (χ0) is 14.8. The molecule has 0 saturated heterocycles. The molecule has 1 saturated carbocycles. The van der Waals surface area contributed by atoms with Gasteiger partial charge in [-0.15, -0.1) is 0 Å². The van der Waals surface area contributed by atoms with Gasteiger partial charge in [-0.2, -0.15) is 11.3 Å².